The van der Waals surface area contributed by atoms with E-state index in [1.165, 1.54) is 29.2 Å². The van der Waals surface area contributed by atoms with Gasteiger partial charge in [0.2, 0.25) is 0 Å². The molecule has 2 aromatic carbocycles. The zero-order valence-corrected chi connectivity index (χ0v) is 22.6. The van der Waals surface area contributed by atoms with Crippen molar-refractivity contribution in [2.45, 2.75) is 25.2 Å². The molecule has 8 nitrogen and oxygen atoms in total. The molecule has 1 aliphatic rings. The number of ether oxygens (including phenoxy) is 1. The van der Waals surface area contributed by atoms with Gasteiger partial charge in [-0.25, -0.2) is 8.78 Å². The lowest BCUT2D eigenvalue weighted by Crippen LogP contribution is -2.54. The van der Waals surface area contributed by atoms with E-state index in [1.807, 2.05) is 4.90 Å². The SMILES string of the molecule is CN1CCN(c2c(NC(=O)c3cccn(CC(F)F)c3=O)ccc(Oc3ccccc3Cl)c2C(F)(F)F)C[C@@H]1CN. The topological polar surface area (TPSA) is 92.8 Å². The number of alkyl halides is 5. The molecule has 14 heteroatoms. The second-order valence-corrected chi connectivity index (χ2v) is 9.81. The number of likely N-dealkylation sites (N-methyl/N-ethyl adjacent to an activating group) is 1. The lowest BCUT2D eigenvalue weighted by atomic mass is 10.0. The molecule has 3 aromatic rings. The van der Waals surface area contributed by atoms with Gasteiger partial charge in [-0.3, -0.25) is 14.5 Å². The Kier molecular flexibility index (Phi) is 9.20. The van der Waals surface area contributed by atoms with E-state index in [0.717, 1.165) is 18.3 Å². The average molecular weight is 600 g/mol. The quantitative estimate of drug-likeness (QED) is 0.358. The monoisotopic (exact) mass is 599 g/mol. The first-order valence-corrected chi connectivity index (χ1v) is 12.9. The van der Waals surface area contributed by atoms with Crippen molar-refractivity contribution in [3.63, 3.8) is 0 Å². The highest BCUT2D eigenvalue weighted by molar-refractivity contribution is 6.32. The molecule has 0 unspecified atom stereocenters. The Morgan fingerprint density at radius 2 is 1.85 bits per heavy atom. The minimum Gasteiger partial charge on any atom is -0.455 e. The summed E-state index contributed by atoms with van der Waals surface area (Å²) in [6, 6.07) is 10.3. The fraction of sp³-hybridized carbons (Fsp3) is 0.333. The number of anilines is 2. The molecular weight excluding hydrogens is 573 g/mol. The Labute approximate surface area is 237 Å². The summed E-state index contributed by atoms with van der Waals surface area (Å²) >= 11 is 6.14. The molecule has 0 aliphatic carbocycles. The number of para-hydroxylation sites is 1. The normalized spacial score (nSPS) is 16.2. The minimum atomic E-state index is -4.95. The molecule has 0 radical (unpaired) electrons. The fourth-order valence-electron chi connectivity index (χ4n) is 4.60. The van der Waals surface area contributed by atoms with Crippen molar-refractivity contribution in [1.82, 2.24) is 9.47 Å². The van der Waals surface area contributed by atoms with Gasteiger partial charge < -0.3 is 25.3 Å². The van der Waals surface area contributed by atoms with Crippen molar-refractivity contribution >= 4 is 28.9 Å². The van der Waals surface area contributed by atoms with E-state index in [1.54, 1.807) is 19.2 Å². The second-order valence-electron chi connectivity index (χ2n) is 9.41. The number of carbonyl (C=O) groups excluding carboxylic acids is 1. The first kappa shape index (κ1) is 30.3. The van der Waals surface area contributed by atoms with Gasteiger partial charge in [-0.15, -0.1) is 0 Å². The number of rotatable bonds is 8. The number of carbonyl (C=O) groups is 1. The minimum absolute atomic E-state index is 0.00974. The van der Waals surface area contributed by atoms with Gasteiger partial charge in [-0.1, -0.05) is 23.7 Å². The highest BCUT2D eigenvalue weighted by Gasteiger charge is 2.42. The predicted molar refractivity (Wildman–Crippen MR) is 145 cm³/mol. The first-order chi connectivity index (χ1) is 19.4. The molecule has 1 saturated heterocycles. The lowest BCUT2D eigenvalue weighted by molar-refractivity contribution is -0.138. The molecule has 220 valence electrons. The molecule has 1 aliphatic heterocycles. The van der Waals surface area contributed by atoms with Crippen LogP contribution in [0.1, 0.15) is 15.9 Å². The maximum Gasteiger partial charge on any atom is 0.422 e. The highest BCUT2D eigenvalue weighted by atomic mass is 35.5. The largest absolute Gasteiger partial charge is 0.455 e. The Morgan fingerprint density at radius 3 is 2.51 bits per heavy atom. The Bertz CT molecular complexity index is 1470. The maximum absolute atomic E-state index is 14.8. The van der Waals surface area contributed by atoms with Crippen LogP contribution in [0.25, 0.3) is 0 Å². The number of hydrogen-bond donors (Lipinski definition) is 2. The van der Waals surface area contributed by atoms with Crippen molar-refractivity contribution in [2.75, 3.05) is 43.4 Å². The molecule has 41 heavy (non-hydrogen) atoms. The molecule has 1 aromatic heterocycles. The van der Waals surface area contributed by atoms with Gasteiger partial charge in [-0.2, -0.15) is 13.2 Å². The first-order valence-electron chi connectivity index (χ1n) is 12.5. The summed E-state index contributed by atoms with van der Waals surface area (Å²) in [5, 5.41) is 2.49. The van der Waals surface area contributed by atoms with Gasteiger partial charge in [0.05, 0.1) is 22.9 Å². The van der Waals surface area contributed by atoms with E-state index >= 15 is 0 Å². The lowest BCUT2D eigenvalue weighted by Gasteiger charge is -2.41. The number of aromatic nitrogens is 1. The van der Waals surface area contributed by atoms with Crippen molar-refractivity contribution in [3.05, 3.63) is 81.2 Å². The van der Waals surface area contributed by atoms with Gasteiger partial charge in [0.1, 0.15) is 22.6 Å². The molecule has 0 saturated carbocycles. The smallest absolute Gasteiger partial charge is 0.422 e. The zero-order valence-electron chi connectivity index (χ0n) is 21.8. The predicted octanol–water partition coefficient (Wildman–Crippen LogP) is 4.91. The third kappa shape index (κ3) is 6.80. The van der Waals surface area contributed by atoms with Crippen LogP contribution in [-0.4, -0.2) is 61.1 Å². The van der Waals surface area contributed by atoms with Gasteiger partial charge >= 0.3 is 6.18 Å². The van der Waals surface area contributed by atoms with Crippen LogP contribution in [0.3, 0.4) is 0 Å². The number of nitrogens with two attached hydrogens (primary N) is 1. The molecular formula is C27H27ClF5N5O3. The van der Waals surface area contributed by atoms with Crippen LogP contribution in [-0.2, 0) is 12.7 Å². The van der Waals surface area contributed by atoms with Gasteiger partial charge in [0, 0.05) is 38.4 Å². The number of nitrogens with zero attached hydrogens (tertiary/aromatic N) is 3. The van der Waals surface area contributed by atoms with E-state index in [-0.39, 0.29) is 47.8 Å². The zero-order chi connectivity index (χ0) is 29.9. The Hall–Kier alpha value is -3.68. The van der Waals surface area contributed by atoms with E-state index in [0.29, 0.717) is 11.1 Å². The van der Waals surface area contributed by atoms with E-state index < -0.39 is 47.5 Å². The van der Waals surface area contributed by atoms with E-state index in [4.69, 9.17) is 22.1 Å². The maximum atomic E-state index is 14.8. The molecule has 0 spiro atoms. The van der Waals surface area contributed by atoms with E-state index in [2.05, 4.69) is 5.32 Å². The number of halogens is 6. The van der Waals surface area contributed by atoms with Crippen LogP contribution in [0.4, 0.5) is 33.3 Å². The number of amides is 1. The number of hydrogen-bond acceptors (Lipinski definition) is 6. The summed E-state index contributed by atoms with van der Waals surface area (Å²) in [4.78, 5) is 29.2. The summed E-state index contributed by atoms with van der Waals surface area (Å²) in [5.41, 5.74) is 2.55. The molecule has 0 bridgehead atoms. The van der Waals surface area contributed by atoms with Gasteiger partial charge in [-0.05, 0) is 43.4 Å². The number of piperazine rings is 1. The van der Waals surface area contributed by atoms with Crippen molar-refractivity contribution < 1.29 is 31.5 Å². The summed E-state index contributed by atoms with van der Waals surface area (Å²) in [5.74, 6) is -1.62. The summed E-state index contributed by atoms with van der Waals surface area (Å²) < 4.78 is 76.5. The highest BCUT2D eigenvalue weighted by Crippen LogP contribution is 2.48. The second kappa shape index (κ2) is 12.5. The Morgan fingerprint density at radius 1 is 1.12 bits per heavy atom. The summed E-state index contributed by atoms with van der Waals surface area (Å²) in [6.45, 7) is -0.153. The van der Waals surface area contributed by atoms with Crippen molar-refractivity contribution in [3.8, 4) is 11.5 Å². The van der Waals surface area contributed by atoms with Crippen LogP contribution in [0.15, 0.2) is 59.5 Å². The molecule has 1 amide bonds. The van der Waals surface area contributed by atoms with E-state index in [9.17, 15) is 31.5 Å². The van der Waals surface area contributed by atoms with Crippen LogP contribution in [0.2, 0.25) is 5.02 Å². The number of nitrogens with one attached hydrogen (secondary N) is 1. The van der Waals surface area contributed by atoms with Crippen molar-refractivity contribution in [2.24, 2.45) is 5.73 Å². The Balaban J connectivity index is 1.84. The average Bonchev–Trinajstić information content (AvgIpc) is 2.91. The molecule has 2 heterocycles. The third-order valence-corrected chi connectivity index (χ3v) is 7.01. The summed E-state index contributed by atoms with van der Waals surface area (Å²) in [6.07, 6.45) is -6.72. The molecule has 1 fully saturated rings. The van der Waals surface area contributed by atoms with Crippen LogP contribution in [0.5, 0.6) is 11.5 Å². The number of benzene rings is 2. The number of pyridine rings is 1. The van der Waals surface area contributed by atoms with Crippen LogP contribution < -0.4 is 26.2 Å². The van der Waals surface area contributed by atoms with Crippen molar-refractivity contribution in [1.29, 1.82) is 0 Å². The molecule has 4 rings (SSSR count). The fourth-order valence-corrected chi connectivity index (χ4v) is 4.78. The van der Waals surface area contributed by atoms with Gasteiger partial charge in [0.15, 0.2) is 0 Å². The molecule has 1 atom stereocenters. The molecule has 3 N–H and O–H groups in total. The van der Waals surface area contributed by atoms with Crippen LogP contribution in [0, 0.1) is 0 Å². The van der Waals surface area contributed by atoms with Crippen LogP contribution >= 0.6 is 11.6 Å². The van der Waals surface area contributed by atoms with Gasteiger partial charge in [0.25, 0.3) is 17.9 Å². The third-order valence-electron chi connectivity index (χ3n) is 6.69. The standard InChI is InChI=1S/C27H27ClF5N5O3/c1-36-11-12-37(14-16(36)13-34)24-19(35-25(39)17-5-4-10-38(26(17)40)15-22(29)30)8-9-21(23(24)27(31,32)33)41-20-7-3-2-6-18(20)28/h2-10,16,22H,11-15,34H2,1H3,(H,35,39)/t16-/m0/s1. The summed E-state index contributed by atoms with van der Waals surface area (Å²) in [7, 11) is 1.80.